The molecule has 0 aliphatic carbocycles. The van der Waals surface area contributed by atoms with Gasteiger partial charge in [-0.15, -0.1) is 0 Å². The van der Waals surface area contributed by atoms with Crippen LogP contribution in [0.15, 0.2) is 12.1 Å². The van der Waals surface area contributed by atoms with Crippen molar-refractivity contribution in [1.29, 1.82) is 0 Å². The summed E-state index contributed by atoms with van der Waals surface area (Å²) < 4.78 is 44.1. The lowest BCUT2D eigenvalue weighted by Crippen LogP contribution is -2.10. The zero-order chi connectivity index (χ0) is 23.3. The maximum absolute atomic E-state index is 12.5. The zero-order valence-electron chi connectivity index (χ0n) is 17.1. The van der Waals surface area contributed by atoms with Crippen molar-refractivity contribution in [1.82, 2.24) is 4.98 Å². The Labute approximate surface area is 175 Å². The number of carbonyl (C=O) groups excluding carboxylic acids is 2. The quantitative estimate of drug-likeness (QED) is 0.355. The summed E-state index contributed by atoms with van der Waals surface area (Å²) in [4.78, 5) is 37.9. The molecule has 31 heavy (non-hydrogen) atoms. The lowest BCUT2D eigenvalue weighted by Gasteiger charge is -2.12. The summed E-state index contributed by atoms with van der Waals surface area (Å²) in [5.74, 6) is -2.23. The Hall–Kier alpha value is -3.70. The fraction of sp³-hybridized carbons (Fsp3) is 0.368. The molecule has 0 spiro atoms. The van der Waals surface area contributed by atoms with E-state index < -0.39 is 41.5 Å². The maximum Gasteiger partial charge on any atom is 0.387 e. The second-order valence-corrected chi connectivity index (χ2v) is 6.17. The van der Waals surface area contributed by atoms with Crippen LogP contribution in [-0.4, -0.2) is 42.7 Å². The zero-order valence-corrected chi connectivity index (χ0v) is 17.1. The van der Waals surface area contributed by atoms with Gasteiger partial charge >= 0.3 is 18.6 Å². The molecule has 1 heterocycles. The molecule has 0 amide bonds. The van der Waals surface area contributed by atoms with E-state index in [1.54, 1.807) is 6.92 Å². The highest BCUT2D eigenvalue weighted by atomic mass is 19.3. The molecular weight excluding hydrogens is 422 g/mol. The van der Waals surface area contributed by atoms with Gasteiger partial charge in [0.05, 0.1) is 36.3 Å². The topological polar surface area (TPSA) is 130 Å². The number of alkyl halides is 2. The Morgan fingerprint density at radius 2 is 1.87 bits per heavy atom. The lowest BCUT2D eigenvalue weighted by atomic mass is 10.1. The Bertz CT molecular complexity index is 1000. The maximum atomic E-state index is 12.5. The first kappa shape index (κ1) is 23.6. The molecule has 1 aromatic carbocycles. The molecule has 10 nitrogen and oxygen atoms in total. The van der Waals surface area contributed by atoms with Crippen LogP contribution >= 0.6 is 0 Å². The van der Waals surface area contributed by atoms with E-state index in [1.807, 2.05) is 0 Å². The summed E-state index contributed by atoms with van der Waals surface area (Å²) in [6.07, 6.45) is 0.410. The minimum absolute atomic E-state index is 0.00970. The van der Waals surface area contributed by atoms with Crippen LogP contribution in [0.1, 0.15) is 44.6 Å². The molecule has 0 saturated heterocycles. The summed E-state index contributed by atoms with van der Waals surface area (Å²) in [5, 5.41) is 11.3. The third kappa shape index (κ3) is 5.08. The highest BCUT2D eigenvalue weighted by Crippen LogP contribution is 2.36. The van der Waals surface area contributed by atoms with E-state index in [0.717, 1.165) is 19.2 Å². The van der Waals surface area contributed by atoms with Crippen LogP contribution in [-0.2, 0) is 22.5 Å². The minimum atomic E-state index is -3.22. The number of nitrogens with one attached hydrogen (secondary N) is 1. The number of nitro groups is 1. The molecule has 0 atom stereocenters. The molecule has 168 valence electrons. The van der Waals surface area contributed by atoms with E-state index in [-0.39, 0.29) is 22.6 Å². The van der Waals surface area contributed by atoms with Gasteiger partial charge in [0.2, 0.25) is 0 Å². The van der Waals surface area contributed by atoms with Gasteiger partial charge in [0.15, 0.2) is 11.5 Å². The lowest BCUT2D eigenvalue weighted by molar-refractivity contribution is -0.386. The Morgan fingerprint density at radius 3 is 2.39 bits per heavy atom. The highest BCUT2D eigenvalue weighted by Gasteiger charge is 2.26. The van der Waals surface area contributed by atoms with Gasteiger partial charge in [-0.3, -0.25) is 10.1 Å². The number of nitrogens with zero attached hydrogens (tertiary/aromatic N) is 1. The molecule has 0 saturated carbocycles. The molecule has 1 aromatic heterocycles. The van der Waals surface area contributed by atoms with Crippen LogP contribution in [0, 0.1) is 17.0 Å². The number of nitro benzene ring substituents is 1. The van der Waals surface area contributed by atoms with Crippen molar-refractivity contribution in [2.45, 2.75) is 33.5 Å². The smallest absolute Gasteiger partial charge is 0.387 e. The molecule has 2 rings (SSSR count). The van der Waals surface area contributed by atoms with Crippen molar-refractivity contribution in [2.24, 2.45) is 0 Å². The number of ether oxygens (including phenoxy) is 4. The van der Waals surface area contributed by atoms with Crippen LogP contribution in [0.5, 0.6) is 11.5 Å². The number of aromatic amines is 1. The van der Waals surface area contributed by atoms with E-state index in [9.17, 15) is 28.5 Å². The molecule has 1 N–H and O–H groups in total. The molecule has 0 radical (unpaired) electrons. The second-order valence-electron chi connectivity index (χ2n) is 6.17. The number of halogens is 2. The van der Waals surface area contributed by atoms with E-state index in [2.05, 4.69) is 9.72 Å². The number of rotatable bonds is 9. The Balaban J connectivity index is 2.34. The number of methoxy groups -OCH3 is 2. The van der Waals surface area contributed by atoms with Gasteiger partial charge in [-0.1, -0.05) is 6.92 Å². The van der Waals surface area contributed by atoms with E-state index >= 15 is 0 Å². The number of carbonyl (C=O) groups is 2. The van der Waals surface area contributed by atoms with Crippen molar-refractivity contribution in [3.8, 4) is 11.5 Å². The summed E-state index contributed by atoms with van der Waals surface area (Å²) in [5.41, 5.74) is 0.267. The van der Waals surface area contributed by atoms with E-state index in [0.29, 0.717) is 17.7 Å². The van der Waals surface area contributed by atoms with Gasteiger partial charge < -0.3 is 23.9 Å². The average molecular weight is 442 g/mol. The molecular formula is C19H20F2N2O8. The first-order chi connectivity index (χ1) is 14.6. The normalized spacial score (nSPS) is 10.7. The number of esters is 2. The van der Waals surface area contributed by atoms with Crippen molar-refractivity contribution < 1.29 is 42.2 Å². The molecule has 0 fully saturated rings. The predicted octanol–water partition coefficient (Wildman–Crippen LogP) is 3.55. The summed E-state index contributed by atoms with van der Waals surface area (Å²) in [7, 11) is 2.37. The SMILES string of the molecule is CCc1[nH]c(C(=O)OCc2cc(OC)c(OC(F)F)cc2[N+](=O)[O-])c(C)c1C(=O)OC. The molecule has 0 bridgehead atoms. The summed E-state index contributed by atoms with van der Waals surface area (Å²) in [6.45, 7) is -0.482. The van der Waals surface area contributed by atoms with Gasteiger partial charge in [0, 0.05) is 5.69 Å². The highest BCUT2D eigenvalue weighted by molar-refractivity contribution is 5.98. The number of benzene rings is 1. The first-order valence-corrected chi connectivity index (χ1v) is 8.91. The van der Waals surface area contributed by atoms with Crippen LogP contribution < -0.4 is 9.47 Å². The standard InChI is InChI=1S/C19H20F2N2O8/c1-5-11-15(17(24)29-4)9(2)16(22-11)18(25)30-8-10-6-13(28-3)14(31-19(20)21)7-12(10)23(26)27/h6-7,19,22H,5,8H2,1-4H3. The van der Waals surface area contributed by atoms with Gasteiger partial charge in [-0.05, 0) is 25.0 Å². The molecule has 0 aliphatic rings. The van der Waals surface area contributed by atoms with Crippen molar-refractivity contribution in [3.05, 3.63) is 50.3 Å². The minimum Gasteiger partial charge on any atom is -0.493 e. The van der Waals surface area contributed by atoms with Crippen molar-refractivity contribution in [3.63, 3.8) is 0 Å². The van der Waals surface area contributed by atoms with Gasteiger partial charge in [-0.25, -0.2) is 9.59 Å². The summed E-state index contributed by atoms with van der Waals surface area (Å²) >= 11 is 0. The van der Waals surface area contributed by atoms with Gasteiger partial charge in [0.25, 0.3) is 5.69 Å². The van der Waals surface area contributed by atoms with Crippen LogP contribution in [0.2, 0.25) is 0 Å². The van der Waals surface area contributed by atoms with Gasteiger partial charge in [0.1, 0.15) is 12.3 Å². The number of aryl methyl sites for hydroxylation is 1. The predicted molar refractivity (Wildman–Crippen MR) is 102 cm³/mol. The van der Waals surface area contributed by atoms with Crippen LogP contribution in [0.25, 0.3) is 0 Å². The van der Waals surface area contributed by atoms with Crippen LogP contribution in [0.3, 0.4) is 0 Å². The number of hydrogen-bond donors (Lipinski definition) is 1. The molecule has 0 unspecified atom stereocenters. The van der Waals surface area contributed by atoms with Crippen molar-refractivity contribution in [2.75, 3.05) is 14.2 Å². The van der Waals surface area contributed by atoms with Gasteiger partial charge in [-0.2, -0.15) is 8.78 Å². The fourth-order valence-electron chi connectivity index (χ4n) is 2.95. The fourth-order valence-corrected chi connectivity index (χ4v) is 2.95. The monoisotopic (exact) mass is 442 g/mol. The summed E-state index contributed by atoms with van der Waals surface area (Å²) in [6, 6.07) is 1.83. The molecule has 0 aliphatic heterocycles. The molecule has 12 heteroatoms. The number of hydrogen-bond acceptors (Lipinski definition) is 8. The average Bonchev–Trinajstić information content (AvgIpc) is 3.07. The largest absolute Gasteiger partial charge is 0.493 e. The van der Waals surface area contributed by atoms with Crippen LogP contribution in [0.4, 0.5) is 14.5 Å². The van der Waals surface area contributed by atoms with Crippen molar-refractivity contribution >= 4 is 17.6 Å². The Morgan fingerprint density at radius 1 is 1.19 bits per heavy atom. The number of H-pyrrole nitrogens is 1. The van der Waals surface area contributed by atoms with E-state index in [4.69, 9.17) is 14.2 Å². The number of aromatic nitrogens is 1. The second kappa shape index (κ2) is 9.87. The third-order valence-corrected chi connectivity index (χ3v) is 4.41. The third-order valence-electron chi connectivity index (χ3n) is 4.41. The first-order valence-electron chi connectivity index (χ1n) is 8.91. The molecule has 2 aromatic rings. The Kier molecular flexibility index (Phi) is 7.51. The van der Waals surface area contributed by atoms with E-state index in [1.165, 1.54) is 14.0 Å².